The fourth-order valence-corrected chi connectivity index (χ4v) is 3.45. The van der Waals surface area contributed by atoms with Crippen LogP contribution in [0, 0.1) is 0 Å². The Morgan fingerprint density at radius 3 is 2.86 bits per heavy atom. The number of rotatable bonds is 4. The van der Waals surface area contributed by atoms with Gasteiger partial charge in [0.2, 0.25) is 5.91 Å². The Morgan fingerprint density at radius 1 is 1.36 bits per heavy atom. The third-order valence-electron chi connectivity index (χ3n) is 4.94. The molecule has 0 aliphatic carbocycles. The molecule has 28 heavy (non-hydrogen) atoms. The van der Waals surface area contributed by atoms with Crippen molar-refractivity contribution in [1.82, 2.24) is 24.9 Å². The van der Waals surface area contributed by atoms with Gasteiger partial charge in [-0.2, -0.15) is 10.2 Å². The number of halogens is 2. The summed E-state index contributed by atoms with van der Waals surface area (Å²) < 4.78 is 28.9. The first kappa shape index (κ1) is 18.1. The Morgan fingerprint density at radius 2 is 2.18 bits per heavy atom. The zero-order valence-electron chi connectivity index (χ0n) is 15.5. The van der Waals surface area contributed by atoms with E-state index in [9.17, 15) is 13.6 Å². The van der Waals surface area contributed by atoms with Crippen LogP contribution in [-0.2, 0) is 24.8 Å². The molecule has 0 fully saturated rings. The molecule has 7 nitrogen and oxygen atoms in total. The third kappa shape index (κ3) is 3.35. The van der Waals surface area contributed by atoms with Crippen LogP contribution in [-0.4, -0.2) is 37.3 Å². The van der Waals surface area contributed by atoms with Crippen molar-refractivity contribution in [1.29, 1.82) is 0 Å². The number of amides is 1. The lowest BCUT2D eigenvalue weighted by Crippen LogP contribution is -2.34. The second kappa shape index (κ2) is 7.06. The minimum absolute atomic E-state index is 0.00129. The molecule has 1 aliphatic heterocycles. The van der Waals surface area contributed by atoms with Gasteiger partial charge in [0.15, 0.2) is 5.82 Å². The van der Waals surface area contributed by atoms with Crippen LogP contribution in [0.2, 0.25) is 0 Å². The van der Waals surface area contributed by atoms with Gasteiger partial charge in [0.1, 0.15) is 0 Å². The summed E-state index contributed by atoms with van der Waals surface area (Å²) >= 11 is 0. The van der Waals surface area contributed by atoms with E-state index in [1.807, 2.05) is 0 Å². The highest BCUT2D eigenvalue weighted by Gasteiger charge is 2.24. The van der Waals surface area contributed by atoms with E-state index in [1.54, 1.807) is 41.2 Å². The van der Waals surface area contributed by atoms with Crippen molar-refractivity contribution in [3.8, 4) is 11.1 Å². The van der Waals surface area contributed by atoms with Crippen molar-refractivity contribution in [3.05, 3.63) is 47.4 Å². The van der Waals surface area contributed by atoms with Gasteiger partial charge in [-0.1, -0.05) is 6.07 Å². The predicted octanol–water partition coefficient (Wildman–Crippen LogP) is 3.40. The first-order valence-corrected chi connectivity index (χ1v) is 8.92. The number of aromatic nitrogens is 4. The molecule has 3 aromatic rings. The number of hydrogen-bond donors (Lipinski definition) is 2. The molecule has 3 heterocycles. The summed E-state index contributed by atoms with van der Waals surface area (Å²) in [6.07, 6.45) is 1.33. The maximum atomic E-state index is 13.7. The number of benzene rings is 1. The SMILES string of the molecule is CC(=O)N1CCc2[nH]nc(Nc3ccc(-c4cnn(C)c4)c(C(F)F)c3)c2C1. The van der Waals surface area contributed by atoms with Gasteiger partial charge in [-0.05, 0) is 17.7 Å². The first-order valence-electron chi connectivity index (χ1n) is 8.92. The minimum Gasteiger partial charge on any atom is -0.338 e. The minimum atomic E-state index is -2.63. The second-order valence-electron chi connectivity index (χ2n) is 6.85. The molecule has 1 aliphatic rings. The number of carbonyl (C=O) groups excluding carboxylic acids is 1. The highest BCUT2D eigenvalue weighted by Crippen LogP contribution is 2.34. The summed E-state index contributed by atoms with van der Waals surface area (Å²) in [5.41, 5.74) is 3.36. The van der Waals surface area contributed by atoms with Crippen LogP contribution in [0.25, 0.3) is 11.1 Å². The Balaban J connectivity index is 1.64. The maximum absolute atomic E-state index is 13.7. The molecular weight excluding hydrogens is 366 g/mol. The fourth-order valence-electron chi connectivity index (χ4n) is 3.45. The molecule has 4 rings (SSSR count). The number of aromatic amines is 1. The van der Waals surface area contributed by atoms with E-state index in [-0.39, 0.29) is 11.5 Å². The number of nitrogens with zero attached hydrogens (tertiary/aromatic N) is 4. The van der Waals surface area contributed by atoms with Crippen LogP contribution in [0.3, 0.4) is 0 Å². The summed E-state index contributed by atoms with van der Waals surface area (Å²) in [4.78, 5) is 13.4. The number of H-pyrrole nitrogens is 1. The highest BCUT2D eigenvalue weighted by molar-refractivity contribution is 5.75. The highest BCUT2D eigenvalue weighted by atomic mass is 19.3. The van der Waals surface area contributed by atoms with Crippen LogP contribution in [0.4, 0.5) is 20.3 Å². The van der Waals surface area contributed by atoms with Crippen LogP contribution < -0.4 is 5.32 Å². The van der Waals surface area contributed by atoms with Gasteiger partial charge in [0.05, 0.1) is 12.7 Å². The van der Waals surface area contributed by atoms with Gasteiger partial charge >= 0.3 is 0 Å². The molecule has 2 N–H and O–H groups in total. The van der Waals surface area contributed by atoms with Crippen LogP contribution in [0.1, 0.15) is 30.2 Å². The van der Waals surface area contributed by atoms with Gasteiger partial charge in [0, 0.05) is 61.2 Å². The fraction of sp³-hybridized carbons (Fsp3) is 0.316. The summed E-state index contributed by atoms with van der Waals surface area (Å²) in [7, 11) is 1.74. The second-order valence-corrected chi connectivity index (χ2v) is 6.85. The Labute approximate surface area is 160 Å². The van der Waals surface area contributed by atoms with Gasteiger partial charge in [0.25, 0.3) is 6.43 Å². The normalized spacial score (nSPS) is 13.7. The lowest BCUT2D eigenvalue weighted by molar-refractivity contribution is -0.129. The van der Waals surface area contributed by atoms with Crippen LogP contribution in [0.15, 0.2) is 30.6 Å². The number of carbonyl (C=O) groups is 1. The molecule has 0 saturated heterocycles. The van der Waals surface area contributed by atoms with Crippen molar-refractivity contribution in [2.45, 2.75) is 26.3 Å². The number of fused-ring (bicyclic) bond motifs is 1. The molecule has 0 saturated carbocycles. The lowest BCUT2D eigenvalue weighted by Gasteiger charge is -2.26. The predicted molar refractivity (Wildman–Crippen MR) is 100 cm³/mol. The summed E-state index contributed by atoms with van der Waals surface area (Å²) in [5, 5.41) is 14.4. The van der Waals surface area contributed by atoms with Crippen molar-refractivity contribution < 1.29 is 13.6 Å². The molecule has 0 unspecified atom stereocenters. The molecule has 0 atom stereocenters. The van der Waals surface area contributed by atoms with E-state index in [0.717, 1.165) is 11.3 Å². The average molecular weight is 386 g/mol. The molecule has 0 bridgehead atoms. The van der Waals surface area contributed by atoms with E-state index in [1.165, 1.54) is 13.0 Å². The zero-order valence-corrected chi connectivity index (χ0v) is 15.5. The smallest absolute Gasteiger partial charge is 0.264 e. The van der Waals surface area contributed by atoms with Crippen LogP contribution >= 0.6 is 0 Å². The summed E-state index contributed by atoms with van der Waals surface area (Å²) in [6.45, 7) is 2.61. The quantitative estimate of drug-likeness (QED) is 0.720. The number of hydrogen-bond acceptors (Lipinski definition) is 4. The third-order valence-corrected chi connectivity index (χ3v) is 4.94. The molecule has 2 aromatic heterocycles. The van der Waals surface area contributed by atoms with Crippen LogP contribution in [0.5, 0.6) is 0 Å². The Bertz CT molecular complexity index is 1030. The molecule has 9 heteroatoms. The van der Waals surface area contributed by atoms with Gasteiger partial charge in [-0.25, -0.2) is 8.78 Å². The Hall–Kier alpha value is -3.23. The Kier molecular flexibility index (Phi) is 4.58. The molecule has 0 radical (unpaired) electrons. The molecule has 1 amide bonds. The number of nitrogens with one attached hydrogen (secondary N) is 2. The molecule has 1 aromatic carbocycles. The van der Waals surface area contributed by atoms with E-state index in [4.69, 9.17) is 0 Å². The molecule has 146 valence electrons. The number of aryl methyl sites for hydroxylation is 1. The maximum Gasteiger partial charge on any atom is 0.264 e. The van der Waals surface area contributed by atoms with E-state index < -0.39 is 6.43 Å². The molecular formula is C19H20F2N6O. The topological polar surface area (TPSA) is 78.8 Å². The average Bonchev–Trinajstić information content (AvgIpc) is 3.27. The van der Waals surface area contributed by atoms with Crippen molar-refractivity contribution >= 4 is 17.4 Å². The standard InChI is InChI=1S/C19H20F2N6O/c1-11(28)27-6-5-17-16(10-27)19(25-24-17)23-13-3-4-14(15(7-13)18(20)21)12-8-22-26(2)9-12/h3-4,7-9,18H,5-6,10H2,1-2H3,(H2,23,24,25). The van der Waals surface area contributed by atoms with E-state index >= 15 is 0 Å². The van der Waals surface area contributed by atoms with Gasteiger partial charge in [-0.3, -0.25) is 14.6 Å². The van der Waals surface area contributed by atoms with Crippen molar-refractivity contribution in [2.24, 2.45) is 7.05 Å². The van der Waals surface area contributed by atoms with E-state index in [0.29, 0.717) is 42.1 Å². The summed E-state index contributed by atoms with van der Waals surface area (Å²) in [6, 6.07) is 4.82. The lowest BCUT2D eigenvalue weighted by atomic mass is 10.0. The number of anilines is 2. The van der Waals surface area contributed by atoms with Crippen molar-refractivity contribution in [2.75, 3.05) is 11.9 Å². The van der Waals surface area contributed by atoms with E-state index in [2.05, 4.69) is 20.6 Å². The zero-order chi connectivity index (χ0) is 19.8. The first-order chi connectivity index (χ1) is 13.4. The van der Waals surface area contributed by atoms with Crippen molar-refractivity contribution in [3.63, 3.8) is 0 Å². The largest absolute Gasteiger partial charge is 0.338 e. The number of alkyl halides is 2. The van der Waals surface area contributed by atoms with Gasteiger partial charge < -0.3 is 10.2 Å². The monoisotopic (exact) mass is 386 g/mol. The summed E-state index contributed by atoms with van der Waals surface area (Å²) in [5.74, 6) is 0.550. The molecule has 0 spiro atoms. The van der Waals surface area contributed by atoms with Gasteiger partial charge in [-0.15, -0.1) is 0 Å².